The number of phenolic OH excluding ortho intramolecular Hbond substituents is 1. The van der Waals surface area contributed by atoms with Gasteiger partial charge in [0.15, 0.2) is 0 Å². The van der Waals surface area contributed by atoms with E-state index in [1.54, 1.807) is 12.1 Å². The molecule has 248 valence electrons. The number of aliphatic hydroxyl groups excluding tert-OH is 1. The summed E-state index contributed by atoms with van der Waals surface area (Å²) >= 11 is 0. The van der Waals surface area contributed by atoms with Gasteiger partial charge in [-0.05, 0) is 61.8 Å². The minimum absolute atomic E-state index is 0.00536. The number of primary amides is 1. The van der Waals surface area contributed by atoms with Gasteiger partial charge in [-0.25, -0.2) is 0 Å². The lowest BCUT2D eigenvalue weighted by Gasteiger charge is -2.27. The summed E-state index contributed by atoms with van der Waals surface area (Å²) in [5.41, 5.74) is 17.5. The van der Waals surface area contributed by atoms with Crippen LogP contribution in [0.2, 0.25) is 0 Å². The van der Waals surface area contributed by atoms with E-state index in [1.165, 1.54) is 12.1 Å². The van der Waals surface area contributed by atoms with Crippen molar-refractivity contribution in [3.8, 4) is 5.75 Å². The fourth-order valence-corrected chi connectivity index (χ4v) is 4.35. The third-order valence-corrected chi connectivity index (χ3v) is 7.33. The highest BCUT2D eigenvalue weighted by molar-refractivity contribution is 5.95. The predicted molar refractivity (Wildman–Crippen MR) is 166 cm³/mol. The van der Waals surface area contributed by atoms with Gasteiger partial charge in [0.25, 0.3) is 0 Å². The molecule has 0 spiro atoms. The van der Waals surface area contributed by atoms with E-state index in [0.717, 1.165) is 0 Å². The van der Waals surface area contributed by atoms with Crippen molar-refractivity contribution in [2.75, 3.05) is 13.2 Å². The van der Waals surface area contributed by atoms with E-state index >= 15 is 0 Å². The minimum atomic E-state index is -1.38. The highest BCUT2D eigenvalue weighted by atomic mass is 16.3. The van der Waals surface area contributed by atoms with Crippen molar-refractivity contribution in [2.45, 2.75) is 96.4 Å². The van der Waals surface area contributed by atoms with Crippen LogP contribution in [0.5, 0.6) is 5.75 Å². The lowest BCUT2D eigenvalue weighted by atomic mass is 9.98. The Morgan fingerprint density at radius 2 is 1.32 bits per heavy atom. The normalized spacial score (nSPS) is 15.3. The van der Waals surface area contributed by atoms with E-state index in [-0.39, 0.29) is 36.8 Å². The molecular weight excluding hydrogens is 570 g/mol. The summed E-state index contributed by atoms with van der Waals surface area (Å²) in [6.07, 6.45) is 2.30. The van der Waals surface area contributed by atoms with Crippen molar-refractivity contribution in [1.82, 2.24) is 21.3 Å². The molecule has 0 saturated carbocycles. The van der Waals surface area contributed by atoms with Gasteiger partial charge in [-0.15, -0.1) is 0 Å². The molecule has 0 heterocycles. The first-order chi connectivity index (χ1) is 20.7. The van der Waals surface area contributed by atoms with E-state index in [0.29, 0.717) is 31.4 Å². The second-order valence-electron chi connectivity index (χ2n) is 11.5. The van der Waals surface area contributed by atoms with Crippen molar-refractivity contribution >= 4 is 29.5 Å². The smallest absolute Gasteiger partial charge is 0.243 e. The summed E-state index contributed by atoms with van der Waals surface area (Å²) in [6.45, 7) is 7.13. The molecule has 0 unspecified atom stereocenters. The Balaban J connectivity index is 3.24. The summed E-state index contributed by atoms with van der Waals surface area (Å²) in [5.74, 6) is -3.63. The number of nitrogens with two attached hydrogens (primary N) is 3. The van der Waals surface area contributed by atoms with Gasteiger partial charge >= 0.3 is 0 Å². The second-order valence-corrected chi connectivity index (χ2v) is 11.5. The molecule has 0 bridgehead atoms. The molecule has 5 amide bonds. The van der Waals surface area contributed by atoms with E-state index < -0.39 is 66.4 Å². The quantitative estimate of drug-likeness (QED) is 0.0800. The molecule has 0 aromatic heterocycles. The van der Waals surface area contributed by atoms with E-state index in [2.05, 4.69) is 21.3 Å². The molecule has 1 aromatic rings. The molecule has 0 aliphatic rings. The molecule has 14 nitrogen and oxygen atoms in total. The van der Waals surface area contributed by atoms with Crippen molar-refractivity contribution in [3.05, 3.63) is 29.8 Å². The van der Waals surface area contributed by atoms with E-state index in [9.17, 15) is 34.2 Å². The molecule has 1 rings (SSSR count). The Hall–Kier alpha value is -3.75. The molecule has 14 heteroatoms. The maximum atomic E-state index is 13.6. The molecule has 0 aliphatic carbocycles. The molecule has 0 radical (unpaired) electrons. The topological polar surface area (TPSA) is 252 Å². The Morgan fingerprint density at radius 3 is 1.84 bits per heavy atom. The van der Waals surface area contributed by atoms with Crippen molar-refractivity contribution in [1.29, 1.82) is 0 Å². The number of benzene rings is 1. The summed E-state index contributed by atoms with van der Waals surface area (Å²) < 4.78 is 0. The van der Waals surface area contributed by atoms with Crippen LogP contribution in [0.15, 0.2) is 24.3 Å². The summed E-state index contributed by atoms with van der Waals surface area (Å²) in [4.78, 5) is 64.7. The Labute approximate surface area is 259 Å². The van der Waals surface area contributed by atoms with Gasteiger partial charge < -0.3 is 48.7 Å². The first-order valence-electron chi connectivity index (χ1n) is 15.1. The zero-order chi connectivity index (χ0) is 33.4. The first kappa shape index (κ1) is 38.3. The van der Waals surface area contributed by atoms with E-state index in [4.69, 9.17) is 17.2 Å². The van der Waals surface area contributed by atoms with Gasteiger partial charge in [0, 0.05) is 6.42 Å². The molecule has 44 heavy (non-hydrogen) atoms. The number of nitrogens with one attached hydrogen (secondary N) is 4. The molecule has 6 atom stereocenters. The molecule has 1 aromatic carbocycles. The maximum absolute atomic E-state index is 13.6. The number of amides is 5. The van der Waals surface area contributed by atoms with Crippen LogP contribution in [0.3, 0.4) is 0 Å². The number of aromatic hydroxyl groups is 1. The molecule has 0 aliphatic heterocycles. The fraction of sp³-hybridized carbons (Fsp3) is 0.633. The van der Waals surface area contributed by atoms with Gasteiger partial charge in [-0.3, -0.25) is 24.0 Å². The number of hydrogen-bond donors (Lipinski definition) is 9. The fourth-order valence-electron chi connectivity index (χ4n) is 4.35. The summed E-state index contributed by atoms with van der Waals surface area (Å²) in [7, 11) is 0. The molecule has 0 saturated heterocycles. The van der Waals surface area contributed by atoms with Crippen LogP contribution >= 0.6 is 0 Å². The number of phenols is 1. The second kappa shape index (κ2) is 19.5. The van der Waals surface area contributed by atoms with Crippen LogP contribution in [-0.4, -0.2) is 83.1 Å². The largest absolute Gasteiger partial charge is 0.508 e. The van der Waals surface area contributed by atoms with Gasteiger partial charge in [0.1, 0.15) is 29.9 Å². The van der Waals surface area contributed by atoms with Crippen molar-refractivity contribution < 1.29 is 34.2 Å². The van der Waals surface area contributed by atoms with Gasteiger partial charge in [0.2, 0.25) is 29.5 Å². The standard InChI is InChI=1S/C30H51N7O7/c1-5-18(4)25(32)30(44)34-21(8-6-7-13-31)27(41)35-22(14-17(2)3)28(42)36-23(15-19-9-11-20(39)12-10-19)29(43)37-24(16-38)26(33)40/h9-12,17-18,21-25,38-39H,5-8,13-16,31-32H2,1-4H3,(H2,33,40)(H,34,44)(H,35,41)(H,36,42)(H,37,43)/t18-,21-,22-,23-,24-,25-/m0/s1. The zero-order valence-corrected chi connectivity index (χ0v) is 26.2. The lowest BCUT2D eigenvalue weighted by Crippen LogP contribution is -2.59. The monoisotopic (exact) mass is 621 g/mol. The van der Waals surface area contributed by atoms with Gasteiger partial charge in [0.05, 0.1) is 12.6 Å². The number of carbonyl (C=O) groups is 5. The summed E-state index contributed by atoms with van der Waals surface area (Å²) in [5, 5.41) is 29.5. The van der Waals surface area contributed by atoms with Crippen LogP contribution in [0.4, 0.5) is 0 Å². The number of unbranched alkanes of at least 4 members (excludes halogenated alkanes) is 1. The lowest BCUT2D eigenvalue weighted by molar-refractivity contribution is -0.135. The van der Waals surface area contributed by atoms with Crippen molar-refractivity contribution in [3.63, 3.8) is 0 Å². The number of carbonyl (C=O) groups excluding carboxylic acids is 5. The summed E-state index contributed by atoms with van der Waals surface area (Å²) in [6, 6.07) is 0.468. The average Bonchev–Trinajstić information content (AvgIpc) is 2.98. The third kappa shape index (κ3) is 13.3. The van der Waals surface area contributed by atoms with Crippen molar-refractivity contribution in [2.24, 2.45) is 29.0 Å². The predicted octanol–water partition coefficient (Wildman–Crippen LogP) is -1.10. The highest BCUT2D eigenvalue weighted by Gasteiger charge is 2.32. The number of hydrogen-bond acceptors (Lipinski definition) is 9. The van der Waals surface area contributed by atoms with Gasteiger partial charge in [-0.2, -0.15) is 0 Å². The molecule has 0 fully saturated rings. The zero-order valence-electron chi connectivity index (χ0n) is 26.2. The third-order valence-electron chi connectivity index (χ3n) is 7.33. The molecule has 12 N–H and O–H groups in total. The Morgan fingerprint density at radius 1 is 0.795 bits per heavy atom. The number of rotatable bonds is 20. The first-order valence-corrected chi connectivity index (χ1v) is 15.1. The minimum Gasteiger partial charge on any atom is -0.508 e. The van der Waals surface area contributed by atoms with Crippen LogP contribution in [0, 0.1) is 11.8 Å². The van der Waals surface area contributed by atoms with Crippen LogP contribution in [-0.2, 0) is 30.4 Å². The Kier molecular flexibility index (Phi) is 17.0. The highest BCUT2D eigenvalue weighted by Crippen LogP contribution is 2.13. The van der Waals surface area contributed by atoms with Gasteiger partial charge in [-0.1, -0.05) is 46.2 Å². The Bertz CT molecular complexity index is 1080. The SMILES string of the molecule is CC[C@H](C)[C@H](N)C(=O)N[C@@H](CCCCN)C(=O)N[C@@H](CC(C)C)C(=O)N[C@@H](Cc1ccc(O)cc1)C(=O)N[C@@H](CO)C(N)=O. The van der Waals surface area contributed by atoms with Crippen LogP contribution in [0.25, 0.3) is 0 Å². The van der Waals surface area contributed by atoms with Crippen LogP contribution < -0.4 is 38.5 Å². The maximum Gasteiger partial charge on any atom is 0.243 e. The average molecular weight is 622 g/mol. The molecular formula is C30H51N7O7. The van der Waals surface area contributed by atoms with E-state index in [1.807, 2.05) is 27.7 Å². The van der Waals surface area contributed by atoms with Crippen LogP contribution in [0.1, 0.15) is 65.4 Å². The number of aliphatic hydroxyl groups is 1.